The van der Waals surface area contributed by atoms with Crippen LogP contribution >= 0.6 is 0 Å². The number of carboxylic acid groups (broad SMARTS) is 1. The maximum atomic E-state index is 10.9. The number of anilines is 1. The minimum atomic E-state index is -1.34. The Morgan fingerprint density at radius 1 is 1.47 bits per heavy atom. The molecule has 1 aromatic rings. The number of carbonyl (C=O) groups is 1. The van der Waals surface area contributed by atoms with Gasteiger partial charge in [-0.2, -0.15) is 0 Å². The molecule has 19 heavy (non-hydrogen) atoms. The highest BCUT2D eigenvalue weighted by atomic mass is 16.6. The number of aliphatic hydroxyl groups is 1. The SMILES string of the molecule is CN(CC(C)(C)O)c1ccc(C(=O)O)c([N+](=O)[O-])c1. The maximum absolute atomic E-state index is 10.9. The van der Waals surface area contributed by atoms with E-state index in [1.165, 1.54) is 18.2 Å². The van der Waals surface area contributed by atoms with E-state index >= 15 is 0 Å². The average molecular weight is 268 g/mol. The van der Waals surface area contributed by atoms with E-state index in [9.17, 15) is 20.0 Å². The van der Waals surface area contributed by atoms with Crippen LogP contribution in [-0.4, -0.2) is 40.3 Å². The van der Waals surface area contributed by atoms with Gasteiger partial charge in [0.1, 0.15) is 5.56 Å². The van der Waals surface area contributed by atoms with Gasteiger partial charge in [0.25, 0.3) is 5.69 Å². The van der Waals surface area contributed by atoms with Gasteiger partial charge in [-0.1, -0.05) is 0 Å². The van der Waals surface area contributed by atoms with Crippen LogP contribution in [0.2, 0.25) is 0 Å². The number of rotatable bonds is 5. The smallest absolute Gasteiger partial charge is 0.342 e. The van der Waals surface area contributed by atoms with Crippen molar-refractivity contribution in [3.8, 4) is 0 Å². The monoisotopic (exact) mass is 268 g/mol. The largest absolute Gasteiger partial charge is 0.477 e. The molecule has 0 radical (unpaired) electrons. The number of likely N-dealkylation sites (N-methyl/N-ethyl adjacent to an activating group) is 1. The Kier molecular flexibility index (Phi) is 4.10. The molecule has 0 fully saturated rings. The van der Waals surface area contributed by atoms with Gasteiger partial charge in [-0.15, -0.1) is 0 Å². The standard InChI is InChI=1S/C12H16N2O5/c1-12(2,17)7-13(3)8-4-5-9(11(15)16)10(6-8)14(18)19/h4-6,17H,7H2,1-3H3,(H,15,16). The summed E-state index contributed by atoms with van der Waals surface area (Å²) < 4.78 is 0. The fourth-order valence-electron chi connectivity index (χ4n) is 1.76. The fraction of sp³-hybridized carbons (Fsp3) is 0.417. The Labute approximate surface area is 110 Å². The highest BCUT2D eigenvalue weighted by molar-refractivity contribution is 5.93. The highest BCUT2D eigenvalue weighted by Crippen LogP contribution is 2.26. The molecule has 0 bridgehead atoms. The Hall–Kier alpha value is -2.15. The molecule has 0 spiro atoms. The summed E-state index contributed by atoms with van der Waals surface area (Å²) >= 11 is 0. The number of nitrogens with zero attached hydrogens (tertiary/aromatic N) is 2. The van der Waals surface area contributed by atoms with Crippen molar-refractivity contribution < 1.29 is 19.9 Å². The summed E-state index contributed by atoms with van der Waals surface area (Å²) in [4.78, 5) is 22.6. The second kappa shape index (κ2) is 5.23. The van der Waals surface area contributed by atoms with Crippen LogP contribution in [0.4, 0.5) is 11.4 Å². The lowest BCUT2D eigenvalue weighted by Gasteiger charge is -2.27. The zero-order valence-corrected chi connectivity index (χ0v) is 11.0. The number of nitro groups is 1. The maximum Gasteiger partial charge on any atom is 0.342 e. The van der Waals surface area contributed by atoms with Gasteiger partial charge < -0.3 is 15.1 Å². The van der Waals surface area contributed by atoms with Crippen molar-refractivity contribution in [2.24, 2.45) is 0 Å². The summed E-state index contributed by atoms with van der Waals surface area (Å²) in [7, 11) is 1.66. The molecule has 0 aromatic heterocycles. The van der Waals surface area contributed by atoms with Crippen LogP contribution in [0.1, 0.15) is 24.2 Å². The average Bonchev–Trinajstić information content (AvgIpc) is 2.25. The summed E-state index contributed by atoms with van der Waals surface area (Å²) in [6.45, 7) is 3.49. The van der Waals surface area contributed by atoms with Gasteiger partial charge in [0.05, 0.1) is 10.5 Å². The number of hydrogen-bond donors (Lipinski definition) is 2. The van der Waals surface area contributed by atoms with Gasteiger partial charge >= 0.3 is 5.97 Å². The van der Waals surface area contributed by atoms with Gasteiger partial charge in [-0.25, -0.2) is 4.79 Å². The van der Waals surface area contributed by atoms with E-state index in [0.29, 0.717) is 5.69 Å². The van der Waals surface area contributed by atoms with Gasteiger partial charge in [0.15, 0.2) is 0 Å². The van der Waals surface area contributed by atoms with Crippen molar-refractivity contribution in [3.05, 3.63) is 33.9 Å². The topological polar surface area (TPSA) is 104 Å². The van der Waals surface area contributed by atoms with E-state index in [1.807, 2.05) is 0 Å². The van der Waals surface area contributed by atoms with Crippen LogP contribution in [0.5, 0.6) is 0 Å². The fourth-order valence-corrected chi connectivity index (χ4v) is 1.76. The zero-order chi connectivity index (χ0) is 14.8. The molecule has 104 valence electrons. The second-order valence-corrected chi connectivity index (χ2v) is 4.93. The van der Waals surface area contributed by atoms with Crippen molar-refractivity contribution in [1.82, 2.24) is 0 Å². The van der Waals surface area contributed by atoms with E-state index < -0.39 is 22.2 Å². The molecule has 7 heteroatoms. The lowest BCUT2D eigenvalue weighted by Crippen LogP contribution is -2.36. The van der Waals surface area contributed by atoms with Crippen LogP contribution in [0, 0.1) is 10.1 Å². The van der Waals surface area contributed by atoms with Crippen molar-refractivity contribution in [2.45, 2.75) is 19.4 Å². The molecule has 0 aliphatic heterocycles. The number of nitro benzene ring substituents is 1. The molecule has 0 atom stereocenters. The summed E-state index contributed by atoms with van der Waals surface area (Å²) in [5.74, 6) is -1.34. The first kappa shape index (κ1) is 14.9. The molecular formula is C12H16N2O5. The van der Waals surface area contributed by atoms with Crippen molar-refractivity contribution in [3.63, 3.8) is 0 Å². The Bertz CT molecular complexity index is 507. The highest BCUT2D eigenvalue weighted by Gasteiger charge is 2.22. The van der Waals surface area contributed by atoms with Crippen molar-refractivity contribution in [2.75, 3.05) is 18.5 Å². The third-order valence-electron chi connectivity index (χ3n) is 2.47. The van der Waals surface area contributed by atoms with E-state index in [-0.39, 0.29) is 12.1 Å². The van der Waals surface area contributed by atoms with E-state index in [1.54, 1.807) is 25.8 Å². The van der Waals surface area contributed by atoms with E-state index in [4.69, 9.17) is 5.11 Å². The molecule has 2 N–H and O–H groups in total. The summed E-state index contributed by atoms with van der Waals surface area (Å²) in [5.41, 5.74) is -1.31. The van der Waals surface area contributed by atoms with Crippen LogP contribution in [0.25, 0.3) is 0 Å². The minimum absolute atomic E-state index is 0.260. The number of benzene rings is 1. The van der Waals surface area contributed by atoms with Crippen LogP contribution in [-0.2, 0) is 0 Å². The van der Waals surface area contributed by atoms with Crippen LogP contribution in [0.15, 0.2) is 18.2 Å². The summed E-state index contributed by atoms with van der Waals surface area (Å²) in [5, 5.41) is 29.4. The molecule has 0 heterocycles. The number of hydrogen-bond acceptors (Lipinski definition) is 5. The quantitative estimate of drug-likeness (QED) is 0.619. The van der Waals surface area contributed by atoms with Gasteiger partial charge in [-0.3, -0.25) is 10.1 Å². The molecule has 0 aliphatic carbocycles. The van der Waals surface area contributed by atoms with Crippen LogP contribution < -0.4 is 4.90 Å². The first-order valence-corrected chi connectivity index (χ1v) is 5.57. The Morgan fingerprint density at radius 3 is 2.47 bits per heavy atom. The Morgan fingerprint density at radius 2 is 2.05 bits per heavy atom. The zero-order valence-electron chi connectivity index (χ0n) is 11.0. The first-order valence-electron chi connectivity index (χ1n) is 5.57. The molecule has 0 saturated heterocycles. The molecule has 1 rings (SSSR count). The molecule has 0 amide bonds. The normalized spacial score (nSPS) is 11.2. The second-order valence-electron chi connectivity index (χ2n) is 4.93. The molecule has 0 aliphatic rings. The summed E-state index contributed by atoms with van der Waals surface area (Å²) in [6, 6.07) is 3.86. The minimum Gasteiger partial charge on any atom is -0.477 e. The van der Waals surface area contributed by atoms with Gasteiger partial charge in [0, 0.05) is 25.3 Å². The van der Waals surface area contributed by atoms with Gasteiger partial charge in [0.2, 0.25) is 0 Å². The molecule has 1 aromatic carbocycles. The lowest BCUT2D eigenvalue weighted by molar-refractivity contribution is -0.385. The third kappa shape index (κ3) is 3.92. The van der Waals surface area contributed by atoms with E-state index in [0.717, 1.165) is 0 Å². The molecule has 0 unspecified atom stereocenters. The molecular weight excluding hydrogens is 252 g/mol. The molecule has 0 saturated carbocycles. The number of aromatic carboxylic acids is 1. The van der Waals surface area contributed by atoms with Crippen molar-refractivity contribution in [1.29, 1.82) is 0 Å². The summed E-state index contributed by atoms with van der Waals surface area (Å²) in [6.07, 6.45) is 0. The lowest BCUT2D eigenvalue weighted by atomic mass is 10.1. The predicted molar refractivity (Wildman–Crippen MR) is 69.6 cm³/mol. The molecule has 7 nitrogen and oxygen atoms in total. The van der Waals surface area contributed by atoms with Crippen LogP contribution in [0.3, 0.4) is 0 Å². The van der Waals surface area contributed by atoms with Crippen molar-refractivity contribution >= 4 is 17.3 Å². The van der Waals surface area contributed by atoms with E-state index in [2.05, 4.69) is 0 Å². The first-order chi connectivity index (χ1) is 8.61. The third-order valence-corrected chi connectivity index (χ3v) is 2.47. The number of carboxylic acids is 1. The predicted octanol–water partition coefficient (Wildman–Crippen LogP) is 1.50. The van der Waals surface area contributed by atoms with Gasteiger partial charge in [-0.05, 0) is 26.0 Å². The Balaban J connectivity index is 3.15.